The molecule has 1 saturated heterocycles. The lowest BCUT2D eigenvalue weighted by molar-refractivity contribution is 0.180. The Hall–Kier alpha value is -0.0400. The van der Waals surface area contributed by atoms with E-state index >= 15 is 0 Å². The number of hydrogen-bond donors (Lipinski definition) is 1. The van der Waals surface area contributed by atoms with E-state index in [4.69, 9.17) is 0 Å². The van der Waals surface area contributed by atoms with Gasteiger partial charge in [0, 0.05) is 12.1 Å². The Balaban J connectivity index is 1.79. The average molecular weight is 209 g/mol. The highest BCUT2D eigenvalue weighted by molar-refractivity contribution is 4.86. The maximum Gasteiger partial charge on any atom is 0.00978 e. The summed E-state index contributed by atoms with van der Waals surface area (Å²) >= 11 is 0. The lowest BCUT2D eigenvalue weighted by Gasteiger charge is -2.38. The molecular formula is C14H27N. The van der Waals surface area contributed by atoms with E-state index in [0.717, 1.165) is 23.9 Å². The molecule has 1 heterocycles. The van der Waals surface area contributed by atoms with E-state index in [2.05, 4.69) is 19.2 Å². The molecule has 2 aliphatic rings. The van der Waals surface area contributed by atoms with E-state index in [-0.39, 0.29) is 0 Å². The molecule has 2 fully saturated rings. The zero-order chi connectivity index (χ0) is 10.7. The third-order valence-electron chi connectivity index (χ3n) is 4.69. The Bertz CT molecular complexity index is 182. The van der Waals surface area contributed by atoms with Gasteiger partial charge < -0.3 is 5.32 Å². The molecule has 1 heteroatoms. The van der Waals surface area contributed by atoms with Crippen molar-refractivity contribution in [3.8, 4) is 0 Å². The van der Waals surface area contributed by atoms with E-state index in [9.17, 15) is 0 Å². The summed E-state index contributed by atoms with van der Waals surface area (Å²) in [4.78, 5) is 0. The zero-order valence-corrected chi connectivity index (χ0v) is 10.5. The first-order valence-corrected chi connectivity index (χ1v) is 7.05. The summed E-state index contributed by atoms with van der Waals surface area (Å²) in [5.74, 6) is 2.04. The molecule has 2 rings (SSSR count). The summed E-state index contributed by atoms with van der Waals surface area (Å²) in [7, 11) is 0. The van der Waals surface area contributed by atoms with Crippen molar-refractivity contribution in [1.82, 2.24) is 5.32 Å². The van der Waals surface area contributed by atoms with Crippen LogP contribution in [0.5, 0.6) is 0 Å². The van der Waals surface area contributed by atoms with Crippen molar-refractivity contribution >= 4 is 0 Å². The average Bonchev–Trinajstić information content (AvgIpc) is 2.29. The first-order valence-electron chi connectivity index (χ1n) is 7.05. The van der Waals surface area contributed by atoms with Gasteiger partial charge in [-0.3, -0.25) is 0 Å². The summed E-state index contributed by atoms with van der Waals surface area (Å²) in [6.45, 7) is 4.70. The highest BCUT2D eigenvalue weighted by atomic mass is 15.0. The molecule has 0 aromatic heterocycles. The second-order valence-electron chi connectivity index (χ2n) is 5.79. The molecule has 1 nitrogen and oxygen atoms in total. The molecule has 0 aromatic carbocycles. The predicted molar refractivity (Wildman–Crippen MR) is 66.0 cm³/mol. The normalized spacial score (nSPS) is 42.8. The van der Waals surface area contributed by atoms with Gasteiger partial charge in [-0.05, 0) is 44.4 Å². The summed E-state index contributed by atoms with van der Waals surface area (Å²) in [6, 6.07) is 1.62. The highest BCUT2D eigenvalue weighted by Crippen LogP contribution is 2.34. The number of piperidine rings is 1. The van der Waals surface area contributed by atoms with Crippen LogP contribution in [0.25, 0.3) is 0 Å². The van der Waals surface area contributed by atoms with E-state index in [1.807, 2.05) is 0 Å². The molecular weight excluding hydrogens is 182 g/mol. The molecule has 2 unspecified atom stereocenters. The van der Waals surface area contributed by atoms with Crippen molar-refractivity contribution in [3.05, 3.63) is 0 Å². The van der Waals surface area contributed by atoms with Crippen LogP contribution in [-0.4, -0.2) is 12.1 Å². The van der Waals surface area contributed by atoms with Crippen molar-refractivity contribution in [2.45, 2.75) is 77.3 Å². The Morgan fingerprint density at radius 3 is 2.33 bits per heavy atom. The zero-order valence-electron chi connectivity index (χ0n) is 10.5. The molecule has 88 valence electrons. The lowest BCUT2D eigenvalue weighted by Crippen LogP contribution is -2.45. The van der Waals surface area contributed by atoms with E-state index < -0.39 is 0 Å². The van der Waals surface area contributed by atoms with Crippen molar-refractivity contribution in [1.29, 1.82) is 0 Å². The van der Waals surface area contributed by atoms with Crippen LogP contribution in [0, 0.1) is 11.8 Å². The molecule has 0 amide bonds. The third kappa shape index (κ3) is 2.96. The van der Waals surface area contributed by atoms with Crippen LogP contribution < -0.4 is 5.32 Å². The second kappa shape index (κ2) is 5.34. The molecule has 1 aliphatic heterocycles. The molecule has 2 atom stereocenters. The molecule has 0 spiro atoms. The van der Waals surface area contributed by atoms with Gasteiger partial charge in [0.25, 0.3) is 0 Å². The quantitative estimate of drug-likeness (QED) is 0.730. The fourth-order valence-corrected chi connectivity index (χ4v) is 3.55. The second-order valence-corrected chi connectivity index (χ2v) is 5.79. The van der Waals surface area contributed by atoms with Gasteiger partial charge in [0.2, 0.25) is 0 Å². The SMILES string of the molecule is CCC1CCC(C2CCCC(C)N2)CC1. The summed E-state index contributed by atoms with van der Waals surface area (Å²) in [5, 5.41) is 3.82. The Kier molecular flexibility index (Phi) is 4.07. The van der Waals surface area contributed by atoms with Crippen LogP contribution in [0.1, 0.15) is 65.2 Å². The number of nitrogens with one attached hydrogen (secondary N) is 1. The molecule has 1 aliphatic carbocycles. The molecule has 0 bridgehead atoms. The van der Waals surface area contributed by atoms with Crippen molar-refractivity contribution in [2.75, 3.05) is 0 Å². The first-order chi connectivity index (χ1) is 7.29. The van der Waals surface area contributed by atoms with Gasteiger partial charge in [-0.15, -0.1) is 0 Å². The number of hydrogen-bond acceptors (Lipinski definition) is 1. The van der Waals surface area contributed by atoms with Crippen LogP contribution in [0.2, 0.25) is 0 Å². The van der Waals surface area contributed by atoms with Gasteiger partial charge in [0.1, 0.15) is 0 Å². The van der Waals surface area contributed by atoms with E-state index in [0.29, 0.717) is 0 Å². The minimum Gasteiger partial charge on any atom is -0.311 e. The fourth-order valence-electron chi connectivity index (χ4n) is 3.55. The lowest BCUT2D eigenvalue weighted by atomic mass is 9.75. The summed E-state index contributed by atoms with van der Waals surface area (Å²) < 4.78 is 0. The molecule has 0 aromatic rings. The Morgan fingerprint density at radius 1 is 1.00 bits per heavy atom. The van der Waals surface area contributed by atoms with Crippen LogP contribution >= 0.6 is 0 Å². The molecule has 0 radical (unpaired) electrons. The van der Waals surface area contributed by atoms with Crippen LogP contribution in [0.3, 0.4) is 0 Å². The molecule has 1 saturated carbocycles. The minimum atomic E-state index is 0.771. The van der Waals surface area contributed by atoms with Crippen molar-refractivity contribution < 1.29 is 0 Å². The Labute approximate surface area is 95.0 Å². The number of rotatable bonds is 2. The van der Waals surface area contributed by atoms with Gasteiger partial charge >= 0.3 is 0 Å². The minimum absolute atomic E-state index is 0.771. The van der Waals surface area contributed by atoms with Crippen LogP contribution in [-0.2, 0) is 0 Å². The smallest absolute Gasteiger partial charge is 0.00978 e. The van der Waals surface area contributed by atoms with E-state index in [1.165, 1.54) is 51.4 Å². The van der Waals surface area contributed by atoms with E-state index in [1.54, 1.807) is 0 Å². The third-order valence-corrected chi connectivity index (χ3v) is 4.69. The topological polar surface area (TPSA) is 12.0 Å². The summed E-state index contributed by atoms with van der Waals surface area (Å²) in [6.07, 6.45) is 11.6. The Morgan fingerprint density at radius 2 is 1.73 bits per heavy atom. The van der Waals surface area contributed by atoms with Gasteiger partial charge in [0.05, 0.1) is 0 Å². The van der Waals surface area contributed by atoms with Crippen molar-refractivity contribution in [3.63, 3.8) is 0 Å². The monoisotopic (exact) mass is 209 g/mol. The van der Waals surface area contributed by atoms with Crippen LogP contribution in [0.15, 0.2) is 0 Å². The van der Waals surface area contributed by atoms with Gasteiger partial charge in [-0.2, -0.15) is 0 Å². The van der Waals surface area contributed by atoms with Gasteiger partial charge in [-0.1, -0.05) is 32.6 Å². The summed E-state index contributed by atoms with van der Waals surface area (Å²) in [5.41, 5.74) is 0. The molecule has 15 heavy (non-hydrogen) atoms. The maximum absolute atomic E-state index is 3.82. The van der Waals surface area contributed by atoms with Crippen LogP contribution in [0.4, 0.5) is 0 Å². The van der Waals surface area contributed by atoms with Crippen molar-refractivity contribution in [2.24, 2.45) is 11.8 Å². The van der Waals surface area contributed by atoms with Gasteiger partial charge in [-0.25, -0.2) is 0 Å². The standard InChI is InChI=1S/C14H27N/c1-3-12-7-9-13(10-8-12)14-6-4-5-11(2)15-14/h11-15H,3-10H2,1-2H3. The first kappa shape index (κ1) is 11.4. The van der Waals surface area contributed by atoms with Gasteiger partial charge in [0.15, 0.2) is 0 Å². The predicted octanol–water partition coefficient (Wildman–Crippen LogP) is 3.73. The largest absolute Gasteiger partial charge is 0.311 e. The maximum atomic E-state index is 3.82. The highest BCUT2D eigenvalue weighted by Gasteiger charge is 2.29. The fraction of sp³-hybridized carbons (Fsp3) is 1.00. The molecule has 1 N–H and O–H groups in total.